The van der Waals surface area contributed by atoms with Crippen molar-refractivity contribution in [2.75, 3.05) is 11.6 Å². The Hall–Kier alpha value is -2.42. The molecule has 0 fully saturated rings. The summed E-state index contributed by atoms with van der Waals surface area (Å²) in [5.74, 6) is 0. The van der Waals surface area contributed by atoms with Crippen LogP contribution in [0.5, 0.6) is 0 Å². The smallest absolute Gasteiger partial charge is 0.311 e. The van der Waals surface area contributed by atoms with E-state index >= 15 is 0 Å². The molecule has 1 aromatic heterocycles. The fourth-order valence-electron chi connectivity index (χ4n) is 2.36. The predicted molar refractivity (Wildman–Crippen MR) is 91.4 cm³/mol. The highest BCUT2D eigenvalue weighted by atomic mass is 32.2. The molecule has 0 unspecified atom stereocenters. The molecule has 0 aliphatic rings. The highest BCUT2D eigenvalue weighted by Gasteiger charge is 2.26. The van der Waals surface area contributed by atoms with Crippen molar-refractivity contribution in [2.24, 2.45) is 0 Å². The summed E-state index contributed by atoms with van der Waals surface area (Å²) in [4.78, 5) is 10.4. The first-order valence-corrected chi connectivity index (χ1v) is 9.41. The fourth-order valence-corrected chi connectivity index (χ4v) is 3.22. The van der Waals surface area contributed by atoms with Gasteiger partial charge in [0.05, 0.1) is 22.5 Å². The van der Waals surface area contributed by atoms with Crippen LogP contribution in [0.2, 0.25) is 0 Å². The summed E-state index contributed by atoms with van der Waals surface area (Å²) in [6.07, 6.45) is 4.55. The predicted octanol–water partition coefficient (Wildman–Crippen LogP) is 3.05. The number of aromatic nitrogens is 2. The van der Waals surface area contributed by atoms with Crippen LogP contribution in [0.3, 0.4) is 0 Å². The van der Waals surface area contributed by atoms with Gasteiger partial charge in [-0.3, -0.25) is 14.8 Å². The number of benzene rings is 1. The first-order chi connectivity index (χ1) is 11.3. The second kappa shape index (κ2) is 7.00. The van der Waals surface area contributed by atoms with Crippen molar-refractivity contribution in [3.8, 4) is 0 Å². The van der Waals surface area contributed by atoms with Gasteiger partial charge in [-0.25, -0.2) is 8.42 Å². The third kappa shape index (κ3) is 3.73. The molecule has 8 nitrogen and oxygen atoms in total. The Morgan fingerprint density at radius 3 is 2.62 bits per heavy atom. The first-order valence-electron chi connectivity index (χ1n) is 7.52. The molecule has 0 bridgehead atoms. The molecular formula is C15H20N4O4S. The molecule has 1 N–H and O–H groups in total. The number of aryl methyl sites for hydroxylation is 1. The molecule has 2 rings (SSSR count). The number of sulfone groups is 1. The molecule has 1 aromatic carbocycles. The SMILES string of the molecule is CCCCn1ncc(Nc2cccc(S(C)(=O)=O)c2[N+](=O)[O-])c1C. The minimum Gasteiger partial charge on any atom is -0.347 e. The standard InChI is InChI=1S/C15H20N4O4S/c1-4-5-9-18-11(2)13(10-16-18)17-12-7-6-8-14(24(3,22)23)15(12)19(20)21/h6-8,10,17H,4-5,9H2,1-3H3. The van der Waals surface area contributed by atoms with E-state index in [-0.39, 0.29) is 10.6 Å². The summed E-state index contributed by atoms with van der Waals surface area (Å²) in [5.41, 5.74) is 1.11. The fraction of sp³-hybridized carbons (Fsp3) is 0.400. The van der Waals surface area contributed by atoms with Gasteiger partial charge in [0, 0.05) is 12.8 Å². The van der Waals surface area contributed by atoms with E-state index in [0.717, 1.165) is 31.3 Å². The Bertz CT molecular complexity index is 858. The van der Waals surface area contributed by atoms with E-state index in [1.165, 1.54) is 18.2 Å². The van der Waals surface area contributed by atoms with Crippen LogP contribution in [0.25, 0.3) is 0 Å². The number of hydrogen-bond donors (Lipinski definition) is 1. The summed E-state index contributed by atoms with van der Waals surface area (Å²) >= 11 is 0. The number of nitro benzene ring substituents is 1. The normalized spacial score (nSPS) is 11.5. The van der Waals surface area contributed by atoms with Crippen LogP contribution in [0.15, 0.2) is 29.3 Å². The van der Waals surface area contributed by atoms with E-state index in [2.05, 4.69) is 17.3 Å². The van der Waals surface area contributed by atoms with Crippen molar-refractivity contribution in [1.29, 1.82) is 0 Å². The molecule has 1 heterocycles. The quantitative estimate of drug-likeness (QED) is 0.606. The molecule has 2 aromatic rings. The number of unbranched alkanes of at least 4 members (excludes halogenated alkanes) is 1. The van der Waals surface area contributed by atoms with Gasteiger partial charge in [-0.2, -0.15) is 5.10 Å². The van der Waals surface area contributed by atoms with Gasteiger partial charge in [-0.05, 0) is 25.5 Å². The van der Waals surface area contributed by atoms with Gasteiger partial charge in [0.2, 0.25) is 0 Å². The number of anilines is 2. The molecular weight excluding hydrogens is 332 g/mol. The monoisotopic (exact) mass is 352 g/mol. The van der Waals surface area contributed by atoms with E-state index in [4.69, 9.17) is 0 Å². The average molecular weight is 352 g/mol. The molecule has 0 amide bonds. The number of rotatable bonds is 7. The van der Waals surface area contributed by atoms with Crippen LogP contribution >= 0.6 is 0 Å². The van der Waals surface area contributed by atoms with E-state index < -0.39 is 20.4 Å². The first kappa shape index (κ1) is 17.9. The topological polar surface area (TPSA) is 107 Å². The van der Waals surface area contributed by atoms with E-state index in [1.807, 2.05) is 11.6 Å². The second-order valence-corrected chi connectivity index (χ2v) is 7.51. The summed E-state index contributed by atoms with van der Waals surface area (Å²) in [6.45, 7) is 4.70. The molecule has 0 aliphatic carbocycles. The third-order valence-corrected chi connectivity index (χ3v) is 4.81. The van der Waals surface area contributed by atoms with E-state index in [1.54, 1.807) is 6.20 Å². The zero-order valence-electron chi connectivity index (χ0n) is 13.8. The third-order valence-electron chi connectivity index (χ3n) is 3.68. The number of nitrogens with one attached hydrogen (secondary N) is 1. The minimum atomic E-state index is -3.71. The van der Waals surface area contributed by atoms with Gasteiger partial charge < -0.3 is 5.32 Å². The lowest BCUT2D eigenvalue weighted by molar-refractivity contribution is -0.386. The van der Waals surface area contributed by atoms with Crippen molar-refractivity contribution < 1.29 is 13.3 Å². The molecule has 9 heteroatoms. The maximum Gasteiger partial charge on any atom is 0.311 e. The number of nitrogens with zero attached hydrogens (tertiary/aromatic N) is 3. The number of para-hydroxylation sites is 1. The van der Waals surface area contributed by atoms with Gasteiger partial charge in [0.15, 0.2) is 9.84 Å². The van der Waals surface area contributed by atoms with E-state index in [0.29, 0.717) is 5.69 Å². The summed E-state index contributed by atoms with van der Waals surface area (Å²) in [7, 11) is -3.71. The lowest BCUT2D eigenvalue weighted by Gasteiger charge is -2.09. The Balaban J connectivity index is 2.44. The molecule has 0 atom stereocenters. The van der Waals surface area contributed by atoms with Crippen molar-refractivity contribution in [3.05, 3.63) is 40.2 Å². The van der Waals surface area contributed by atoms with Crippen LogP contribution < -0.4 is 5.32 Å². The van der Waals surface area contributed by atoms with Crippen LogP contribution in [-0.4, -0.2) is 29.4 Å². The number of hydrogen-bond acceptors (Lipinski definition) is 6. The minimum absolute atomic E-state index is 0.126. The van der Waals surface area contributed by atoms with Crippen LogP contribution in [0.1, 0.15) is 25.5 Å². The number of nitro groups is 1. The highest BCUT2D eigenvalue weighted by molar-refractivity contribution is 7.90. The Morgan fingerprint density at radius 2 is 2.04 bits per heavy atom. The molecule has 0 aliphatic heterocycles. The second-order valence-electron chi connectivity index (χ2n) is 5.53. The maximum absolute atomic E-state index is 11.8. The Labute approximate surface area is 140 Å². The Kier molecular flexibility index (Phi) is 5.23. The molecule has 0 spiro atoms. The van der Waals surface area contributed by atoms with Crippen molar-refractivity contribution in [2.45, 2.75) is 38.1 Å². The van der Waals surface area contributed by atoms with Gasteiger partial charge in [-0.15, -0.1) is 0 Å². The van der Waals surface area contributed by atoms with Crippen molar-refractivity contribution in [1.82, 2.24) is 9.78 Å². The van der Waals surface area contributed by atoms with Gasteiger partial charge in [-0.1, -0.05) is 19.4 Å². The van der Waals surface area contributed by atoms with Crippen molar-refractivity contribution >= 4 is 26.9 Å². The van der Waals surface area contributed by atoms with Gasteiger partial charge in [0.1, 0.15) is 10.6 Å². The Morgan fingerprint density at radius 1 is 1.33 bits per heavy atom. The van der Waals surface area contributed by atoms with E-state index in [9.17, 15) is 18.5 Å². The van der Waals surface area contributed by atoms with Crippen LogP contribution in [0.4, 0.5) is 17.1 Å². The zero-order valence-corrected chi connectivity index (χ0v) is 14.6. The molecule has 0 radical (unpaired) electrons. The van der Waals surface area contributed by atoms with Crippen LogP contribution in [-0.2, 0) is 16.4 Å². The molecule has 0 saturated carbocycles. The summed E-state index contributed by atoms with van der Waals surface area (Å²) in [5, 5.41) is 18.6. The molecule has 130 valence electrons. The van der Waals surface area contributed by atoms with Gasteiger partial charge >= 0.3 is 5.69 Å². The average Bonchev–Trinajstić information content (AvgIpc) is 2.84. The maximum atomic E-state index is 11.8. The largest absolute Gasteiger partial charge is 0.347 e. The van der Waals surface area contributed by atoms with Crippen molar-refractivity contribution in [3.63, 3.8) is 0 Å². The zero-order chi connectivity index (χ0) is 17.9. The van der Waals surface area contributed by atoms with Crippen LogP contribution in [0, 0.1) is 17.0 Å². The summed E-state index contributed by atoms with van der Waals surface area (Å²) < 4.78 is 25.4. The lowest BCUT2D eigenvalue weighted by atomic mass is 10.2. The molecule has 24 heavy (non-hydrogen) atoms. The molecule has 0 saturated heterocycles. The summed E-state index contributed by atoms with van der Waals surface area (Å²) in [6, 6.07) is 4.19. The lowest BCUT2D eigenvalue weighted by Crippen LogP contribution is -2.06. The highest BCUT2D eigenvalue weighted by Crippen LogP contribution is 2.34. The van der Waals surface area contributed by atoms with Gasteiger partial charge in [0.25, 0.3) is 0 Å².